The first-order valence-electron chi connectivity index (χ1n) is 6.54. The van der Waals surface area contributed by atoms with Gasteiger partial charge in [0.1, 0.15) is 0 Å². The van der Waals surface area contributed by atoms with Gasteiger partial charge in [0.2, 0.25) is 0 Å². The average molecular weight is 262 g/mol. The summed E-state index contributed by atoms with van der Waals surface area (Å²) < 4.78 is 0. The van der Waals surface area contributed by atoms with Gasteiger partial charge in [0.15, 0.2) is 0 Å². The molecule has 1 aromatic carbocycles. The van der Waals surface area contributed by atoms with Crippen molar-refractivity contribution in [2.75, 3.05) is 19.7 Å². The van der Waals surface area contributed by atoms with Gasteiger partial charge in [-0.1, -0.05) is 37.3 Å². The van der Waals surface area contributed by atoms with Crippen molar-refractivity contribution in [1.82, 2.24) is 20.7 Å². The lowest BCUT2D eigenvalue weighted by molar-refractivity contribution is 0.274. The molecule has 0 amide bonds. The third-order valence-electron chi connectivity index (χ3n) is 2.72. The molecule has 1 heterocycles. The van der Waals surface area contributed by atoms with E-state index in [1.165, 1.54) is 5.56 Å². The van der Waals surface area contributed by atoms with Crippen LogP contribution in [0.2, 0.25) is 0 Å². The number of aliphatic hydroxyl groups is 1. The van der Waals surface area contributed by atoms with Gasteiger partial charge in [0.05, 0.1) is 12.4 Å². The number of hydrogen-bond donors (Lipinski definition) is 3. The molecule has 1 atom stereocenters. The van der Waals surface area contributed by atoms with Crippen molar-refractivity contribution in [1.29, 1.82) is 0 Å². The van der Waals surface area contributed by atoms with Crippen LogP contribution in [-0.4, -0.2) is 40.2 Å². The van der Waals surface area contributed by atoms with Crippen LogP contribution in [0.25, 0.3) is 0 Å². The monoisotopic (exact) mass is 262 g/mol. The Bertz CT molecular complexity index is 374. The fourth-order valence-corrected chi connectivity index (χ4v) is 1.75. The lowest BCUT2D eigenvalue weighted by Gasteiger charge is -2.16. The normalized spacial score (nSPS) is 11.5. The number of nitrogens with zero attached hydrogens (tertiary/aromatic N) is 2. The second-order valence-corrected chi connectivity index (χ2v) is 4.08. The van der Waals surface area contributed by atoms with Crippen LogP contribution in [0.4, 0.5) is 0 Å². The van der Waals surface area contributed by atoms with Gasteiger partial charge in [0, 0.05) is 13.2 Å². The van der Waals surface area contributed by atoms with E-state index < -0.39 is 0 Å². The first-order valence-corrected chi connectivity index (χ1v) is 6.54. The molecule has 0 aliphatic rings. The molecule has 5 heteroatoms. The topological polar surface area (TPSA) is 73.8 Å². The van der Waals surface area contributed by atoms with Crippen molar-refractivity contribution in [2.24, 2.45) is 0 Å². The summed E-state index contributed by atoms with van der Waals surface area (Å²) in [5, 5.41) is 21.6. The van der Waals surface area contributed by atoms with Gasteiger partial charge in [-0.2, -0.15) is 15.4 Å². The van der Waals surface area contributed by atoms with Gasteiger partial charge >= 0.3 is 0 Å². The zero-order valence-electron chi connectivity index (χ0n) is 11.3. The van der Waals surface area contributed by atoms with Crippen molar-refractivity contribution in [3.8, 4) is 0 Å². The molecular weight excluding hydrogens is 240 g/mol. The summed E-state index contributed by atoms with van der Waals surface area (Å²) in [6.45, 7) is 4.28. The van der Waals surface area contributed by atoms with Crippen molar-refractivity contribution in [3.63, 3.8) is 0 Å². The number of H-pyrrole nitrogens is 1. The average Bonchev–Trinajstić information content (AvgIpc) is 3.04. The smallest absolute Gasteiger partial charge is 0.0690 e. The molecule has 19 heavy (non-hydrogen) atoms. The Morgan fingerprint density at radius 1 is 1.21 bits per heavy atom. The van der Waals surface area contributed by atoms with E-state index in [4.69, 9.17) is 5.11 Å². The Kier molecular flexibility index (Phi) is 8.25. The van der Waals surface area contributed by atoms with Crippen LogP contribution in [0.15, 0.2) is 42.7 Å². The Labute approximate surface area is 114 Å². The van der Waals surface area contributed by atoms with Crippen LogP contribution in [0, 0.1) is 0 Å². The zero-order valence-corrected chi connectivity index (χ0v) is 11.3. The van der Waals surface area contributed by atoms with E-state index >= 15 is 0 Å². The number of likely N-dealkylation sites (N-methyl/N-ethyl adjacent to an activating group) is 1. The highest BCUT2D eigenvalue weighted by Gasteiger charge is 2.09. The molecule has 0 saturated carbocycles. The van der Waals surface area contributed by atoms with Crippen LogP contribution >= 0.6 is 0 Å². The minimum Gasteiger partial charge on any atom is -0.396 e. The zero-order chi connectivity index (χ0) is 13.8. The molecule has 3 N–H and O–H groups in total. The van der Waals surface area contributed by atoms with E-state index in [9.17, 15) is 0 Å². The van der Waals surface area contributed by atoms with E-state index in [1.807, 2.05) is 18.2 Å². The van der Waals surface area contributed by atoms with Crippen molar-refractivity contribution in [2.45, 2.75) is 19.3 Å². The lowest BCUT2D eigenvalue weighted by atomic mass is 9.96. The SMILES string of the molecule is CCNCC(CCO)c1ccccc1.c1cn[nH]n1. The maximum Gasteiger partial charge on any atom is 0.0690 e. The molecule has 0 bridgehead atoms. The molecule has 1 unspecified atom stereocenters. The summed E-state index contributed by atoms with van der Waals surface area (Å²) in [5.41, 5.74) is 1.31. The number of aliphatic hydroxyl groups excluding tert-OH is 1. The van der Waals surface area contributed by atoms with E-state index in [2.05, 4.69) is 39.8 Å². The van der Waals surface area contributed by atoms with Crippen molar-refractivity contribution >= 4 is 0 Å². The molecule has 0 fully saturated rings. The lowest BCUT2D eigenvalue weighted by Crippen LogP contribution is -2.21. The van der Waals surface area contributed by atoms with E-state index in [-0.39, 0.29) is 6.61 Å². The number of benzene rings is 1. The van der Waals surface area contributed by atoms with Crippen LogP contribution in [-0.2, 0) is 0 Å². The van der Waals surface area contributed by atoms with E-state index in [0.29, 0.717) is 5.92 Å². The van der Waals surface area contributed by atoms with Gasteiger partial charge < -0.3 is 10.4 Å². The Morgan fingerprint density at radius 3 is 2.37 bits per heavy atom. The molecule has 0 aliphatic carbocycles. The second kappa shape index (κ2) is 10.2. The first kappa shape index (κ1) is 15.3. The molecule has 0 saturated heterocycles. The van der Waals surface area contributed by atoms with Crippen LogP contribution in [0.5, 0.6) is 0 Å². The highest BCUT2D eigenvalue weighted by atomic mass is 16.3. The maximum absolute atomic E-state index is 8.97. The first-order chi connectivity index (χ1) is 9.38. The molecule has 104 valence electrons. The quantitative estimate of drug-likeness (QED) is 0.738. The fraction of sp³-hybridized carbons (Fsp3) is 0.429. The third-order valence-corrected chi connectivity index (χ3v) is 2.72. The number of nitrogens with one attached hydrogen (secondary N) is 2. The summed E-state index contributed by atoms with van der Waals surface area (Å²) in [6.07, 6.45) is 4.00. The van der Waals surface area contributed by atoms with Crippen LogP contribution in [0.1, 0.15) is 24.8 Å². The Balaban J connectivity index is 0.000000300. The molecule has 5 nitrogen and oxygen atoms in total. The number of rotatable bonds is 6. The van der Waals surface area contributed by atoms with Gasteiger partial charge in [-0.15, -0.1) is 0 Å². The van der Waals surface area contributed by atoms with E-state index in [0.717, 1.165) is 19.5 Å². The standard InChI is InChI=1S/C12H19NO.C2H3N3/c1-2-13-10-12(8-9-14)11-6-4-3-5-7-11;1-2-4-5-3-1/h3-7,12-14H,2,8-10H2,1H3;1-2H,(H,3,4,5). The molecule has 0 aliphatic heterocycles. The van der Waals surface area contributed by atoms with Gasteiger partial charge in [-0.05, 0) is 24.4 Å². The van der Waals surface area contributed by atoms with Crippen LogP contribution in [0.3, 0.4) is 0 Å². The molecule has 0 radical (unpaired) electrons. The van der Waals surface area contributed by atoms with Crippen molar-refractivity contribution in [3.05, 3.63) is 48.3 Å². The Hall–Kier alpha value is -1.72. The fourth-order valence-electron chi connectivity index (χ4n) is 1.75. The maximum atomic E-state index is 8.97. The number of aromatic nitrogens is 3. The Morgan fingerprint density at radius 2 is 1.89 bits per heavy atom. The highest BCUT2D eigenvalue weighted by molar-refractivity contribution is 5.19. The van der Waals surface area contributed by atoms with Gasteiger partial charge in [-0.3, -0.25) is 0 Å². The number of hydrogen-bond acceptors (Lipinski definition) is 4. The van der Waals surface area contributed by atoms with Gasteiger partial charge in [0.25, 0.3) is 0 Å². The molecule has 0 spiro atoms. The summed E-state index contributed by atoms with van der Waals surface area (Å²) in [6, 6.07) is 10.4. The predicted molar refractivity (Wildman–Crippen MR) is 75.8 cm³/mol. The summed E-state index contributed by atoms with van der Waals surface area (Å²) in [5.74, 6) is 0.432. The second-order valence-electron chi connectivity index (χ2n) is 4.08. The van der Waals surface area contributed by atoms with Gasteiger partial charge in [-0.25, -0.2) is 0 Å². The summed E-state index contributed by atoms with van der Waals surface area (Å²) in [4.78, 5) is 0. The third kappa shape index (κ3) is 6.69. The minimum atomic E-state index is 0.255. The molecule has 1 aromatic heterocycles. The highest BCUT2D eigenvalue weighted by Crippen LogP contribution is 2.17. The summed E-state index contributed by atoms with van der Waals surface area (Å²) >= 11 is 0. The summed E-state index contributed by atoms with van der Waals surface area (Å²) in [7, 11) is 0. The molecular formula is C14H22N4O. The van der Waals surface area contributed by atoms with E-state index in [1.54, 1.807) is 12.4 Å². The largest absolute Gasteiger partial charge is 0.396 e. The van der Waals surface area contributed by atoms with Crippen molar-refractivity contribution < 1.29 is 5.11 Å². The molecule has 2 rings (SSSR count). The predicted octanol–water partition coefficient (Wildman–Crippen LogP) is 1.57. The number of aromatic amines is 1. The molecule has 2 aromatic rings. The minimum absolute atomic E-state index is 0.255. The van der Waals surface area contributed by atoms with Crippen LogP contribution < -0.4 is 5.32 Å².